The maximum absolute atomic E-state index is 13.2. The molecule has 0 atom stereocenters. The average Bonchev–Trinajstić information content (AvgIpc) is 2.90. The van der Waals surface area contributed by atoms with Crippen LogP contribution in [0.4, 0.5) is 20.4 Å². The van der Waals surface area contributed by atoms with Gasteiger partial charge in [-0.25, -0.2) is 13.8 Å². The Morgan fingerprint density at radius 2 is 1.73 bits per heavy atom. The van der Waals surface area contributed by atoms with Gasteiger partial charge in [0, 0.05) is 23.9 Å². The SMILES string of the molecule is COc1cc2nc(Nc3ccc(F)c(F)c3)[nH]c2cc1OC. The number of halogens is 2. The van der Waals surface area contributed by atoms with Crippen LogP contribution in [0.25, 0.3) is 11.0 Å². The van der Waals surface area contributed by atoms with Crippen LogP contribution in [-0.4, -0.2) is 24.2 Å². The molecule has 7 heteroatoms. The maximum atomic E-state index is 13.2. The van der Waals surface area contributed by atoms with Gasteiger partial charge in [-0.15, -0.1) is 0 Å². The van der Waals surface area contributed by atoms with Gasteiger partial charge in [0.05, 0.1) is 25.3 Å². The molecule has 0 bridgehead atoms. The Balaban J connectivity index is 1.96. The molecule has 3 rings (SSSR count). The molecular formula is C15H13F2N3O2. The summed E-state index contributed by atoms with van der Waals surface area (Å²) in [6.45, 7) is 0. The molecular weight excluding hydrogens is 292 g/mol. The molecule has 2 N–H and O–H groups in total. The Bertz CT molecular complexity index is 792. The number of anilines is 2. The van der Waals surface area contributed by atoms with E-state index in [4.69, 9.17) is 9.47 Å². The summed E-state index contributed by atoms with van der Waals surface area (Å²) >= 11 is 0. The van der Waals surface area contributed by atoms with Crippen molar-refractivity contribution in [2.75, 3.05) is 19.5 Å². The molecule has 0 spiro atoms. The molecule has 0 fully saturated rings. The molecule has 5 nitrogen and oxygen atoms in total. The zero-order valence-electron chi connectivity index (χ0n) is 11.9. The van der Waals surface area contributed by atoms with E-state index in [1.165, 1.54) is 13.2 Å². The van der Waals surface area contributed by atoms with Gasteiger partial charge in [-0.3, -0.25) is 0 Å². The van der Waals surface area contributed by atoms with Crippen molar-refractivity contribution in [3.63, 3.8) is 0 Å². The number of hydrogen-bond donors (Lipinski definition) is 2. The van der Waals surface area contributed by atoms with Crippen molar-refractivity contribution in [3.05, 3.63) is 42.0 Å². The van der Waals surface area contributed by atoms with Crippen molar-refractivity contribution < 1.29 is 18.3 Å². The highest BCUT2D eigenvalue weighted by atomic mass is 19.2. The first kappa shape index (κ1) is 14.1. The third-order valence-electron chi connectivity index (χ3n) is 3.17. The maximum Gasteiger partial charge on any atom is 0.205 e. The Morgan fingerprint density at radius 3 is 2.41 bits per heavy atom. The van der Waals surface area contributed by atoms with Crippen LogP contribution in [0.2, 0.25) is 0 Å². The van der Waals surface area contributed by atoms with Gasteiger partial charge in [0.15, 0.2) is 23.1 Å². The first-order valence-electron chi connectivity index (χ1n) is 6.44. The van der Waals surface area contributed by atoms with Gasteiger partial charge < -0.3 is 19.8 Å². The molecule has 0 aliphatic heterocycles. The van der Waals surface area contributed by atoms with Crippen LogP contribution in [0.5, 0.6) is 11.5 Å². The predicted octanol–water partition coefficient (Wildman–Crippen LogP) is 3.60. The summed E-state index contributed by atoms with van der Waals surface area (Å²) in [6, 6.07) is 7.00. The molecule has 1 heterocycles. The lowest BCUT2D eigenvalue weighted by Gasteiger charge is -2.06. The van der Waals surface area contributed by atoms with Crippen LogP contribution in [0.15, 0.2) is 30.3 Å². The Morgan fingerprint density at radius 1 is 1.00 bits per heavy atom. The number of aromatic nitrogens is 2. The van der Waals surface area contributed by atoms with Crippen molar-refractivity contribution >= 4 is 22.7 Å². The molecule has 0 saturated carbocycles. The minimum absolute atomic E-state index is 0.386. The van der Waals surface area contributed by atoms with E-state index in [0.29, 0.717) is 28.7 Å². The summed E-state index contributed by atoms with van der Waals surface area (Å²) in [7, 11) is 3.08. The summed E-state index contributed by atoms with van der Waals surface area (Å²) in [5.74, 6) is -0.302. The average molecular weight is 305 g/mol. The summed E-state index contributed by atoms with van der Waals surface area (Å²) in [4.78, 5) is 7.36. The number of nitrogens with zero attached hydrogens (tertiary/aromatic N) is 1. The van der Waals surface area contributed by atoms with Crippen LogP contribution in [0.3, 0.4) is 0 Å². The lowest BCUT2D eigenvalue weighted by molar-refractivity contribution is 0.356. The number of H-pyrrole nitrogens is 1. The van der Waals surface area contributed by atoms with E-state index in [2.05, 4.69) is 15.3 Å². The van der Waals surface area contributed by atoms with Gasteiger partial charge in [-0.2, -0.15) is 0 Å². The summed E-state index contributed by atoms with van der Waals surface area (Å²) in [6.07, 6.45) is 0. The zero-order valence-corrected chi connectivity index (χ0v) is 11.9. The highest BCUT2D eigenvalue weighted by Gasteiger charge is 2.10. The molecule has 0 aliphatic carbocycles. The van der Waals surface area contributed by atoms with Crippen molar-refractivity contribution in [2.45, 2.75) is 0 Å². The topological polar surface area (TPSA) is 59.2 Å². The number of benzene rings is 2. The Kier molecular flexibility index (Phi) is 3.54. The minimum Gasteiger partial charge on any atom is -0.493 e. The number of imidazole rings is 1. The van der Waals surface area contributed by atoms with E-state index in [1.807, 2.05) is 0 Å². The minimum atomic E-state index is -0.926. The van der Waals surface area contributed by atoms with E-state index in [9.17, 15) is 8.78 Å². The number of methoxy groups -OCH3 is 2. The van der Waals surface area contributed by atoms with E-state index in [-0.39, 0.29) is 0 Å². The summed E-state index contributed by atoms with van der Waals surface area (Å²) < 4.78 is 36.5. The second-order valence-electron chi connectivity index (χ2n) is 4.56. The molecule has 0 amide bonds. The molecule has 114 valence electrons. The molecule has 1 aromatic heterocycles. The standard InChI is InChI=1S/C15H13F2N3O2/c1-21-13-6-11-12(7-14(13)22-2)20-15(19-11)18-8-3-4-9(16)10(17)5-8/h3-7H,1-2H3,(H2,18,19,20). The van der Waals surface area contributed by atoms with E-state index in [1.54, 1.807) is 19.2 Å². The fourth-order valence-electron chi connectivity index (χ4n) is 2.11. The summed E-state index contributed by atoms with van der Waals surface area (Å²) in [5.41, 5.74) is 1.77. The molecule has 3 aromatic rings. The Hall–Kier alpha value is -2.83. The number of nitrogens with one attached hydrogen (secondary N) is 2. The number of rotatable bonds is 4. The largest absolute Gasteiger partial charge is 0.493 e. The van der Waals surface area contributed by atoms with Gasteiger partial charge >= 0.3 is 0 Å². The number of ether oxygens (including phenoxy) is 2. The quantitative estimate of drug-likeness (QED) is 0.773. The molecule has 0 radical (unpaired) electrons. The van der Waals surface area contributed by atoms with Crippen LogP contribution < -0.4 is 14.8 Å². The van der Waals surface area contributed by atoms with Crippen molar-refractivity contribution in [1.82, 2.24) is 9.97 Å². The van der Waals surface area contributed by atoms with Crippen LogP contribution >= 0.6 is 0 Å². The van der Waals surface area contributed by atoms with Crippen LogP contribution in [0, 0.1) is 11.6 Å². The lowest BCUT2D eigenvalue weighted by atomic mass is 10.3. The van der Waals surface area contributed by atoms with E-state index in [0.717, 1.165) is 17.6 Å². The molecule has 0 saturated heterocycles. The first-order valence-corrected chi connectivity index (χ1v) is 6.44. The number of aromatic amines is 1. The van der Waals surface area contributed by atoms with Crippen molar-refractivity contribution in [1.29, 1.82) is 0 Å². The molecule has 0 unspecified atom stereocenters. The molecule has 22 heavy (non-hydrogen) atoms. The second-order valence-corrected chi connectivity index (χ2v) is 4.56. The van der Waals surface area contributed by atoms with Crippen molar-refractivity contribution in [2.24, 2.45) is 0 Å². The fourth-order valence-corrected chi connectivity index (χ4v) is 2.11. The molecule has 2 aromatic carbocycles. The van der Waals surface area contributed by atoms with Gasteiger partial charge in [-0.1, -0.05) is 0 Å². The van der Waals surface area contributed by atoms with Crippen LogP contribution in [0.1, 0.15) is 0 Å². The van der Waals surface area contributed by atoms with E-state index >= 15 is 0 Å². The fraction of sp³-hybridized carbons (Fsp3) is 0.133. The van der Waals surface area contributed by atoms with E-state index < -0.39 is 11.6 Å². The lowest BCUT2D eigenvalue weighted by Crippen LogP contribution is -1.94. The van der Waals surface area contributed by atoms with Crippen molar-refractivity contribution in [3.8, 4) is 11.5 Å². The third-order valence-corrected chi connectivity index (χ3v) is 3.17. The summed E-state index contributed by atoms with van der Waals surface area (Å²) in [5, 5.41) is 2.88. The number of fused-ring (bicyclic) bond motifs is 1. The third kappa shape index (κ3) is 2.52. The first-order chi connectivity index (χ1) is 10.6. The second kappa shape index (κ2) is 5.51. The zero-order chi connectivity index (χ0) is 15.7. The van der Waals surface area contributed by atoms with Gasteiger partial charge in [0.1, 0.15) is 0 Å². The predicted molar refractivity (Wildman–Crippen MR) is 78.8 cm³/mol. The monoisotopic (exact) mass is 305 g/mol. The normalized spacial score (nSPS) is 10.7. The highest BCUT2D eigenvalue weighted by molar-refractivity contribution is 5.82. The highest BCUT2D eigenvalue weighted by Crippen LogP contribution is 2.32. The van der Waals surface area contributed by atoms with Gasteiger partial charge in [0.25, 0.3) is 0 Å². The van der Waals surface area contributed by atoms with Gasteiger partial charge in [0.2, 0.25) is 5.95 Å². The van der Waals surface area contributed by atoms with Gasteiger partial charge in [-0.05, 0) is 12.1 Å². The molecule has 0 aliphatic rings. The Labute approximate surface area is 124 Å². The smallest absolute Gasteiger partial charge is 0.205 e. The van der Waals surface area contributed by atoms with Crippen LogP contribution in [-0.2, 0) is 0 Å². The number of hydrogen-bond acceptors (Lipinski definition) is 4.